The molecule has 8 nitrogen and oxygen atoms in total. The van der Waals surface area contributed by atoms with E-state index in [-0.39, 0.29) is 0 Å². The van der Waals surface area contributed by atoms with Gasteiger partial charge in [-0.3, -0.25) is 4.57 Å². The number of nitrogen functional groups attached to an aromatic ring is 1. The zero-order chi connectivity index (χ0) is 22.1. The highest BCUT2D eigenvalue weighted by atomic mass is 15.2. The van der Waals surface area contributed by atoms with Crippen molar-refractivity contribution in [2.24, 2.45) is 0 Å². The number of nitrogens with zero attached hydrogens (tertiary/aromatic N) is 6. The number of hydrogen-bond acceptors (Lipinski definition) is 7. The number of benzene rings is 1. The summed E-state index contributed by atoms with van der Waals surface area (Å²) >= 11 is 0. The van der Waals surface area contributed by atoms with Crippen LogP contribution in [0.25, 0.3) is 16.9 Å². The zero-order valence-electron chi connectivity index (χ0n) is 18.5. The van der Waals surface area contributed by atoms with Crippen molar-refractivity contribution in [2.75, 3.05) is 49.2 Å². The van der Waals surface area contributed by atoms with Gasteiger partial charge < -0.3 is 20.9 Å². The van der Waals surface area contributed by atoms with Gasteiger partial charge in [-0.05, 0) is 55.9 Å². The normalized spacial score (nSPS) is 14.8. The van der Waals surface area contributed by atoms with Crippen LogP contribution < -0.4 is 16.0 Å². The molecule has 0 saturated carbocycles. The van der Waals surface area contributed by atoms with Crippen molar-refractivity contribution in [3.63, 3.8) is 0 Å². The average molecular weight is 429 g/mol. The molecule has 0 amide bonds. The van der Waals surface area contributed by atoms with Gasteiger partial charge in [-0.2, -0.15) is 4.98 Å². The minimum absolute atomic E-state index is 0.485. The van der Waals surface area contributed by atoms with E-state index in [0.29, 0.717) is 11.8 Å². The molecule has 5 rings (SSSR count). The second-order valence-electron chi connectivity index (χ2n) is 8.18. The van der Waals surface area contributed by atoms with E-state index in [9.17, 15) is 0 Å². The van der Waals surface area contributed by atoms with E-state index >= 15 is 0 Å². The Kier molecular flexibility index (Phi) is 5.36. The molecule has 1 aromatic carbocycles. The summed E-state index contributed by atoms with van der Waals surface area (Å²) in [5.74, 6) is 1.80. The molecule has 0 unspecified atom stereocenters. The van der Waals surface area contributed by atoms with Crippen molar-refractivity contribution in [1.82, 2.24) is 24.4 Å². The third-order valence-corrected chi connectivity index (χ3v) is 5.96. The lowest BCUT2D eigenvalue weighted by Gasteiger charge is -2.34. The molecule has 3 aromatic heterocycles. The Morgan fingerprint density at radius 3 is 2.50 bits per heavy atom. The largest absolute Gasteiger partial charge is 0.384 e. The van der Waals surface area contributed by atoms with Gasteiger partial charge in [0.15, 0.2) is 5.65 Å². The predicted molar refractivity (Wildman–Crippen MR) is 130 cm³/mol. The minimum Gasteiger partial charge on any atom is -0.384 e. The van der Waals surface area contributed by atoms with Crippen molar-refractivity contribution in [3.05, 3.63) is 60.4 Å². The van der Waals surface area contributed by atoms with E-state index in [1.807, 2.05) is 18.3 Å². The number of piperazine rings is 1. The van der Waals surface area contributed by atoms with Gasteiger partial charge in [0, 0.05) is 54.8 Å². The molecule has 4 aromatic rings. The molecule has 8 heteroatoms. The van der Waals surface area contributed by atoms with Crippen molar-refractivity contribution < 1.29 is 0 Å². The zero-order valence-corrected chi connectivity index (χ0v) is 18.5. The first-order valence-electron chi connectivity index (χ1n) is 11.0. The Balaban J connectivity index is 1.42. The lowest BCUT2D eigenvalue weighted by Crippen LogP contribution is -2.44. The Hall–Kier alpha value is -3.65. The van der Waals surface area contributed by atoms with E-state index < -0.39 is 0 Å². The molecular formula is C24H28N8. The van der Waals surface area contributed by atoms with Crippen molar-refractivity contribution in [2.45, 2.75) is 13.3 Å². The molecule has 0 atom stereocenters. The average Bonchev–Trinajstić information content (AvgIpc) is 3.18. The van der Waals surface area contributed by atoms with Crippen molar-refractivity contribution in [3.8, 4) is 5.82 Å². The molecule has 0 bridgehead atoms. The van der Waals surface area contributed by atoms with E-state index in [1.54, 1.807) is 6.07 Å². The van der Waals surface area contributed by atoms with Crippen LogP contribution in [0.1, 0.15) is 12.6 Å². The highest BCUT2D eigenvalue weighted by molar-refractivity contribution is 5.80. The highest BCUT2D eigenvalue weighted by Gasteiger charge is 2.15. The number of anilines is 4. The molecule has 1 aliphatic rings. The predicted octanol–water partition coefficient (Wildman–Crippen LogP) is 3.46. The SMILES string of the molecule is CCc1cc2cnc(Nc3ccc(N4CCN(C)CC4)cc3)nc2n1-c1cccc(N)n1. The quantitative estimate of drug-likeness (QED) is 0.503. The molecule has 3 N–H and O–H groups in total. The van der Waals surface area contributed by atoms with Crippen LogP contribution in [-0.2, 0) is 6.42 Å². The molecule has 0 aliphatic carbocycles. The van der Waals surface area contributed by atoms with Gasteiger partial charge in [-0.25, -0.2) is 9.97 Å². The van der Waals surface area contributed by atoms with Crippen LogP contribution in [0.4, 0.5) is 23.1 Å². The number of nitrogens with one attached hydrogen (secondary N) is 1. The molecule has 1 saturated heterocycles. The Morgan fingerprint density at radius 2 is 1.78 bits per heavy atom. The number of fused-ring (bicyclic) bond motifs is 1. The van der Waals surface area contributed by atoms with Crippen molar-refractivity contribution in [1.29, 1.82) is 0 Å². The number of hydrogen-bond donors (Lipinski definition) is 2. The second-order valence-corrected chi connectivity index (χ2v) is 8.18. The number of rotatable bonds is 5. The maximum absolute atomic E-state index is 5.93. The summed E-state index contributed by atoms with van der Waals surface area (Å²) < 4.78 is 2.05. The number of likely N-dealkylation sites (N-methyl/N-ethyl adjacent to an activating group) is 1. The van der Waals surface area contributed by atoms with Gasteiger partial charge in [0.2, 0.25) is 5.95 Å². The molecule has 1 aliphatic heterocycles. The van der Waals surface area contributed by atoms with Crippen LogP contribution in [0, 0.1) is 0 Å². The van der Waals surface area contributed by atoms with Gasteiger partial charge in [0.25, 0.3) is 0 Å². The van der Waals surface area contributed by atoms with Crippen LogP contribution in [-0.4, -0.2) is 57.6 Å². The monoisotopic (exact) mass is 428 g/mol. The Labute approximate surface area is 187 Å². The fraction of sp³-hybridized carbons (Fsp3) is 0.292. The number of nitrogens with two attached hydrogens (primary N) is 1. The molecule has 4 heterocycles. The molecule has 0 radical (unpaired) electrons. The minimum atomic E-state index is 0.485. The first-order chi connectivity index (χ1) is 15.6. The summed E-state index contributed by atoms with van der Waals surface area (Å²) in [6, 6.07) is 16.2. The van der Waals surface area contributed by atoms with E-state index in [1.165, 1.54) is 5.69 Å². The van der Waals surface area contributed by atoms with Crippen LogP contribution in [0.5, 0.6) is 0 Å². The van der Waals surface area contributed by atoms with Gasteiger partial charge in [0.1, 0.15) is 11.6 Å². The summed E-state index contributed by atoms with van der Waals surface area (Å²) in [6.45, 7) is 6.41. The van der Waals surface area contributed by atoms with Gasteiger partial charge >= 0.3 is 0 Å². The van der Waals surface area contributed by atoms with Gasteiger partial charge in [-0.1, -0.05) is 13.0 Å². The van der Waals surface area contributed by atoms with Crippen LogP contribution in [0.2, 0.25) is 0 Å². The van der Waals surface area contributed by atoms with Crippen LogP contribution in [0.15, 0.2) is 54.7 Å². The van der Waals surface area contributed by atoms with Crippen LogP contribution in [0.3, 0.4) is 0 Å². The first-order valence-corrected chi connectivity index (χ1v) is 11.0. The van der Waals surface area contributed by atoms with Crippen molar-refractivity contribution >= 4 is 34.2 Å². The standard InChI is InChI=1S/C24H28N8/c1-3-19-15-17-16-26-24(29-23(17)32(19)22-6-4-5-21(25)28-22)27-18-7-9-20(10-8-18)31-13-11-30(2)12-14-31/h4-10,15-16H,3,11-14H2,1-2H3,(H2,25,28)(H,26,27,29). The summed E-state index contributed by atoms with van der Waals surface area (Å²) in [5, 5.41) is 4.32. The second kappa shape index (κ2) is 8.47. The third-order valence-electron chi connectivity index (χ3n) is 5.96. The topological polar surface area (TPSA) is 88.1 Å². The number of aromatic nitrogens is 4. The van der Waals surface area contributed by atoms with Gasteiger partial charge in [0.05, 0.1) is 0 Å². The van der Waals surface area contributed by atoms with Gasteiger partial charge in [-0.15, -0.1) is 0 Å². The third kappa shape index (κ3) is 3.97. The first kappa shape index (κ1) is 20.3. The maximum Gasteiger partial charge on any atom is 0.229 e. The smallest absolute Gasteiger partial charge is 0.229 e. The van der Waals surface area contributed by atoms with E-state index in [2.05, 4.69) is 74.0 Å². The molecule has 32 heavy (non-hydrogen) atoms. The summed E-state index contributed by atoms with van der Waals surface area (Å²) in [5.41, 5.74) is 10.1. The Morgan fingerprint density at radius 1 is 1.00 bits per heavy atom. The Bertz CT molecular complexity index is 1220. The fourth-order valence-electron chi connectivity index (χ4n) is 4.13. The fourth-order valence-corrected chi connectivity index (χ4v) is 4.13. The summed E-state index contributed by atoms with van der Waals surface area (Å²) in [7, 11) is 2.17. The van der Waals surface area contributed by atoms with E-state index in [4.69, 9.17) is 10.7 Å². The van der Waals surface area contributed by atoms with E-state index in [0.717, 1.165) is 60.8 Å². The molecule has 0 spiro atoms. The highest BCUT2D eigenvalue weighted by Crippen LogP contribution is 2.25. The summed E-state index contributed by atoms with van der Waals surface area (Å²) in [6.07, 6.45) is 2.70. The molecular weight excluding hydrogens is 400 g/mol. The van der Waals surface area contributed by atoms with Crippen LogP contribution >= 0.6 is 0 Å². The maximum atomic E-state index is 5.93. The lowest BCUT2D eigenvalue weighted by atomic mass is 10.2. The molecule has 1 fully saturated rings. The number of aryl methyl sites for hydroxylation is 1. The number of pyridine rings is 1. The lowest BCUT2D eigenvalue weighted by molar-refractivity contribution is 0.313. The molecule has 164 valence electrons. The summed E-state index contributed by atoms with van der Waals surface area (Å²) in [4.78, 5) is 18.6.